The van der Waals surface area contributed by atoms with Crippen molar-refractivity contribution in [2.75, 3.05) is 6.61 Å². The average Bonchev–Trinajstić information content (AvgIpc) is 3.45. The second-order valence-corrected chi connectivity index (χ2v) is 10.7. The van der Waals surface area contributed by atoms with E-state index in [-0.39, 0.29) is 23.7 Å². The highest BCUT2D eigenvalue weighted by Gasteiger charge is 2.46. The standard InChI is InChI=1S/C26H31N4O9P/c1-16(27)21-24(33)30(15-28-21)25-23(32)22(31)20(38-25)14-37-40(35,39-19-11-7-4-8-12-19)29-17(2)26(34)36-13-18-9-5-3-6-10-18/h3-12,15,17,20,22-23,25,31-33H,1,13-14,27H2,2H3,(H,29,35)/t17-,20+,22+,23+,25+,40?/m0/s1. The van der Waals surface area contributed by atoms with Crippen LogP contribution in [-0.2, 0) is 30.0 Å². The van der Waals surface area contributed by atoms with Gasteiger partial charge >= 0.3 is 13.7 Å². The number of aromatic nitrogens is 2. The Balaban J connectivity index is 1.44. The van der Waals surface area contributed by atoms with Crippen LogP contribution in [0.25, 0.3) is 5.70 Å². The summed E-state index contributed by atoms with van der Waals surface area (Å²) in [5.74, 6) is -0.940. The summed E-state index contributed by atoms with van der Waals surface area (Å²) in [7, 11) is -4.28. The molecule has 0 aliphatic carbocycles. The Morgan fingerprint density at radius 1 is 1.18 bits per heavy atom. The summed E-state index contributed by atoms with van der Waals surface area (Å²) in [4.78, 5) is 16.5. The van der Waals surface area contributed by atoms with E-state index in [9.17, 15) is 24.7 Å². The van der Waals surface area contributed by atoms with Crippen LogP contribution < -0.4 is 15.3 Å². The molecule has 214 valence electrons. The summed E-state index contributed by atoms with van der Waals surface area (Å²) in [6.45, 7) is 4.43. The predicted molar refractivity (Wildman–Crippen MR) is 143 cm³/mol. The first-order chi connectivity index (χ1) is 19.1. The number of imidazole rings is 1. The third-order valence-corrected chi connectivity index (χ3v) is 7.63. The van der Waals surface area contributed by atoms with Crippen molar-refractivity contribution in [2.45, 2.75) is 44.1 Å². The van der Waals surface area contributed by atoms with E-state index in [2.05, 4.69) is 16.7 Å². The molecule has 13 nitrogen and oxygen atoms in total. The van der Waals surface area contributed by atoms with Crippen molar-refractivity contribution in [1.82, 2.24) is 14.6 Å². The summed E-state index contributed by atoms with van der Waals surface area (Å²) in [6, 6.07) is 16.1. The fourth-order valence-electron chi connectivity index (χ4n) is 3.89. The maximum Gasteiger partial charge on any atom is 0.459 e. The third-order valence-electron chi connectivity index (χ3n) is 5.99. The number of para-hydroxylation sites is 1. The van der Waals surface area contributed by atoms with Gasteiger partial charge in [-0.15, -0.1) is 0 Å². The Bertz CT molecular complexity index is 1350. The van der Waals surface area contributed by atoms with Crippen molar-refractivity contribution in [3.8, 4) is 11.6 Å². The molecule has 0 radical (unpaired) electrons. The normalized spacial score (nSPS) is 22.8. The molecule has 0 amide bonds. The van der Waals surface area contributed by atoms with Crippen LogP contribution in [0.3, 0.4) is 0 Å². The second kappa shape index (κ2) is 12.6. The van der Waals surface area contributed by atoms with Gasteiger partial charge in [-0.3, -0.25) is 13.9 Å². The maximum absolute atomic E-state index is 13.8. The number of hydrogen-bond donors (Lipinski definition) is 5. The Morgan fingerprint density at radius 2 is 1.82 bits per heavy atom. The van der Waals surface area contributed by atoms with Gasteiger partial charge in [0, 0.05) is 0 Å². The van der Waals surface area contributed by atoms with Crippen molar-refractivity contribution >= 4 is 19.4 Å². The number of nitrogens with zero attached hydrogens (tertiary/aromatic N) is 2. The molecule has 1 saturated heterocycles. The predicted octanol–water partition coefficient (Wildman–Crippen LogP) is 2.06. The first-order valence-corrected chi connectivity index (χ1v) is 13.8. The van der Waals surface area contributed by atoms with Crippen LogP contribution in [0.15, 0.2) is 73.6 Å². The van der Waals surface area contributed by atoms with E-state index in [4.69, 9.17) is 24.3 Å². The van der Waals surface area contributed by atoms with E-state index in [1.165, 1.54) is 13.3 Å². The molecule has 40 heavy (non-hydrogen) atoms. The molecule has 6 atom stereocenters. The first-order valence-electron chi connectivity index (χ1n) is 12.3. The molecule has 2 heterocycles. The fourth-order valence-corrected chi connectivity index (χ4v) is 5.39. The lowest BCUT2D eigenvalue weighted by Crippen LogP contribution is -2.37. The number of carbonyl (C=O) groups excluding carboxylic acids is 1. The minimum absolute atomic E-state index is 0.00865. The molecule has 0 bridgehead atoms. The molecule has 1 aromatic heterocycles. The zero-order valence-electron chi connectivity index (χ0n) is 21.6. The molecule has 0 spiro atoms. The number of nitrogens with one attached hydrogen (secondary N) is 1. The van der Waals surface area contributed by atoms with Gasteiger partial charge in [0.25, 0.3) is 0 Å². The lowest BCUT2D eigenvalue weighted by Gasteiger charge is -2.24. The largest absolute Gasteiger partial charge is 0.493 e. The van der Waals surface area contributed by atoms with Crippen molar-refractivity contribution in [1.29, 1.82) is 0 Å². The monoisotopic (exact) mass is 574 g/mol. The van der Waals surface area contributed by atoms with E-state index in [1.807, 2.05) is 18.2 Å². The Morgan fingerprint density at radius 3 is 2.45 bits per heavy atom. The first kappa shape index (κ1) is 29.3. The minimum atomic E-state index is -4.28. The summed E-state index contributed by atoms with van der Waals surface area (Å²) in [5, 5.41) is 34.1. The van der Waals surface area contributed by atoms with Gasteiger partial charge in [-0.1, -0.05) is 55.1 Å². The van der Waals surface area contributed by atoms with Crippen molar-refractivity contribution in [2.24, 2.45) is 5.73 Å². The van der Waals surface area contributed by atoms with Crippen LogP contribution in [0.5, 0.6) is 11.6 Å². The number of carbonyl (C=O) groups is 1. The Hall–Kier alpha value is -3.71. The van der Waals surface area contributed by atoms with Gasteiger partial charge in [0.15, 0.2) is 6.23 Å². The van der Waals surface area contributed by atoms with Gasteiger partial charge in [-0.25, -0.2) is 9.55 Å². The Labute approximate surface area is 230 Å². The van der Waals surface area contributed by atoms with Crippen molar-refractivity contribution in [3.63, 3.8) is 0 Å². The highest BCUT2D eigenvalue weighted by atomic mass is 31.2. The molecular formula is C26H31N4O9P. The molecule has 1 fully saturated rings. The number of aliphatic hydroxyl groups excluding tert-OH is 2. The zero-order chi connectivity index (χ0) is 28.9. The molecule has 14 heteroatoms. The Kier molecular flexibility index (Phi) is 9.25. The van der Waals surface area contributed by atoms with Gasteiger partial charge < -0.3 is 35.1 Å². The van der Waals surface area contributed by atoms with E-state index in [0.717, 1.165) is 10.1 Å². The van der Waals surface area contributed by atoms with Gasteiger partial charge in [0.1, 0.15) is 48.7 Å². The molecule has 0 saturated carbocycles. The number of nitrogens with two attached hydrogens (primary N) is 1. The summed E-state index contributed by atoms with van der Waals surface area (Å²) < 4.78 is 37.0. The fraction of sp³-hybridized carbons (Fsp3) is 0.308. The minimum Gasteiger partial charge on any atom is -0.493 e. The number of hydrogen-bond acceptors (Lipinski definition) is 11. The van der Waals surface area contributed by atoms with Crippen molar-refractivity contribution in [3.05, 3.63) is 84.8 Å². The average molecular weight is 575 g/mol. The molecule has 1 aliphatic rings. The molecule has 1 aliphatic heterocycles. The summed E-state index contributed by atoms with van der Waals surface area (Å²) >= 11 is 0. The smallest absolute Gasteiger partial charge is 0.459 e. The molecule has 6 N–H and O–H groups in total. The molecule has 2 aromatic carbocycles. The molecular weight excluding hydrogens is 543 g/mol. The second-order valence-electron chi connectivity index (χ2n) is 9.04. The third kappa shape index (κ3) is 6.89. The lowest BCUT2D eigenvalue weighted by atomic mass is 10.1. The number of aliphatic hydroxyl groups is 2. The highest BCUT2D eigenvalue weighted by molar-refractivity contribution is 7.52. The highest BCUT2D eigenvalue weighted by Crippen LogP contribution is 2.46. The van der Waals surface area contributed by atoms with Gasteiger partial charge in [-0.2, -0.15) is 5.09 Å². The molecule has 4 rings (SSSR count). The van der Waals surface area contributed by atoms with Gasteiger partial charge in [0.05, 0.1) is 12.3 Å². The molecule has 1 unspecified atom stereocenters. The van der Waals surface area contributed by atoms with Crippen LogP contribution in [0.4, 0.5) is 0 Å². The number of ether oxygens (including phenoxy) is 2. The SMILES string of the molecule is C=C(N)c1ncn([C@@H]2O[C@H](COP(=O)(N[C@@H](C)C(=O)OCc3ccccc3)Oc3ccccc3)[C@@H](O)[C@H]2O)c1O. The quantitative estimate of drug-likeness (QED) is 0.157. The van der Waals surface area contributed by atoms with E-state index in [1.54, 1.807) is 42.5 Å². The topological polar surface area (TPSA) is 188 Å². The van der Waals surface area contributed by atoms with E-state index in [0.29, 0.717) is 0 Å². The van der Waals surface area contributed by atoms with Crippen LogP contribution in [0, 0.1) is 0 Å². The van der Waals surface area contributed by atoms with E-state index < -0.39 is 56.8 Å². The van der Waals surface area contributed by atoms with Gasteiger partial charge in [-0.05, 0) is 24.6 Å². The summed E-state index contributed by atoms with van der Waals surface area (Å²) in [5.41, 5.74) is 6.35. The number of esters is 1. The van der Waals surface area contributed by atoms with Crippen LogP contribution in [0.1, 0.15) is 24.4 Å². The zero-order valence-corrected chi connectivity index (χ0v) is 22.5. The van der Waals surface area contributed by atoms with E-state index >= 15 is 0 Å². The maximum atomic E-state index is 13.8. The van der Waals surface area contributed by atoms with Crippen molar-refractivity contribution < 1.29 is 43.2 Å². The van der Waals surface area contributed by atoms with Crippen LogP contribution in [-0.4, -0.2) is 61.8 Å². The van der Waals surface area contributed by atoms with Crippen LogP contribution >= 0.6 is 7.75 Å². The van der Waals surface area contributed by atoms with Gasteiger partial charge in [0.2, 0.25) is 5.88 Å². The number of aromatic hydroxyl groups is 1. The molecule has 3 aromatic rings. The number of rotatable bonds is 12. The van der Waals surface area contributed by atoms with Crippen LogP contribution in [0.2, 0.25) is 0 Å². The lowest BCUT2D eigenvalue weighted by molar-refractivity contribution is -0.146. The summed E-state index contributed by atoms with van der Waals surface area (Å²) in [6.07, 6.45) is -4.32. The number of benzene rings is 2.